The fourth-order valence-electron chi connectivity index (χ4n) is 2.11. The molecule has 0 atom stereocenters. The van der Waals surface area contributed by atoms with Crippen molar-refractivity contribution in [3.05, 3.63) is 34.6 Å². The Kier molecular flexibility index (Phi) is 6.02. The van der Waals surface area contributed by atoms with Crippen LogP contribution in [0.1, 0.15) is 48.5 Å². The fourth-order valence-corrected chi connectivity index (χ4v) is 2.11. The first-order valence-electron chi connectivity index (χ1n) is 5.86. The molecule has 0 aliphatic rings. The second-order valence-corrected chi connectivity index (χ2v) is 4.70. The van der Waals surface area contributed by atoms with Crippen LogP contribution in [0.3, 0.4) is 0 Å². The average molecular weight is 219 g/mol. The van der Waals surface area contributed by atoms with Gasteiger partial charge in [-0.2, -0.15) is 0 Å². The van der Waals surface area contributed by atoms with Gasteiger partial charge < -0.3 is 0 Å². The topological polar surface area (TPSA) is 12.4 Å². The van der Waals surface area contributed by atoms with E-state index in [0.29, 0.717) is 5.92 Å². The quantitative estimate of drug-likeness (QED) is 0.470. The Labute approximate surface area is 101 Å². The summed E-state index contributed by atoms with van der Waals surface area (Å²) in [6.07, 6.45) is 1.83. The molecule has 0 aromatic rings. The van der Waals surface area contributed by atoms with Crippen molar-refractivity contribution in [2.45, 2.75) is 48.5 Å². The molecule has 0 aromatic carbocycles. The SMILES string of the molecule is C=C(C)/C(C(=C(C)C)C(C)C)=C(C)\N=C/C. The summed E-state index contributed by atoms with van der Waals surface area (Å²) in [6, 6.07) is 0. The molecule has 0 aromatic heterocycles. The van der Waals surface area contributed by atoms with Gasteiger partial charge in [-0.25, -0.2) is 0 Å². The predicted molar refractivity (Wildman–Crippen MR) is 74.9 cm³/mol. The molecule has 0 aliphatic heterocycles. The van der Waals surface area contributed by atoms with Crippen LogP contribution in [0, 0.1) is 5.92 Å². The predicted octanol–water partition coefficient (Wildman–Crippen LogP) is 4.92. The van der Waals surface area contributed by atoms with E-state index in [9.17, 15) is 0 Å². The highest BCUT2D eigenvalue weighted by Crippen LogP contribution is 2.30. The summed E-state index contributed by atoms with van der Waals surface area (Å²) in [5.41, 5.74) is 6.08. The van der Waals surface area contributed by atoms with Crippen molar-refractivity contribution in [1.82, 2.24) is 0 Å². The molecule has 0 aliphatic carbocycles. The molecular formula is C15H25N. The lowest BCUT2D eigenvalue weighted by Crippen LogP contribution is -2.03. The highest BCUT2D eigenvalue weighted by Gasteiger charge is 2.14. The molecule has 0 N–H and O–H groups in total. The highest BCUT2D eigenvalue weighted by atomic mass is 14.7. The normalized spacial score (nSPS) is 13.0. The molecule has 0 saturated carbocycles. The zero-order valence-electron chi connectivity index (χ0n) is 11.8. The van der Waals surface area contributed by atoms with Crippen molar-refractivity contribution in [2.75, 3.05) is 0 Å². The molecule has 1 nitrogen and oxygen atoms in total. The minimum atomic E-state index is 0.499. The molecule has 0 unspecified atom stereocenters. The summed E-state index contributed by atoms with van der Waals surface area (Å²) in [5, 5.41) is 0. The van der Waals surface area contributed by atoms with Crippen molar-refractivity contribution in [3.63, 3.8) is 0 Å². The van der Waals surface area contributed by atoms with E-state index in [1.54, 1.807) is 0 Å². The third-order valence-electron chi connectivity index (χ3n) is 2.50. The number of hydrogen-bond donors (Lipinski definition) is 0. The van der Waals surface area contributed by atoms with Gasteiger partial charge in [0, 0.05) is 17.5 Å². The Morgan fingerprint density at radius 2 is 1.62 bits per heavy atom. The van der Waals surface area contributed by atoms with Crippen molar-refractivity contribution < 1.29 is 0 Å². The van der Waals surface area contributed by atoms with Crippen LogP contribution in [0.5, 0.6) is 0 Å². The minimum absolute atomic E-state index is 0.499. The third-order valence-corrected chi connectivity index (χ3v) is 2.50. The van der Waals surface area contributed by atoms with E-state index in [2.05, 4.69) is 53.1 Å². The molecule has 1 heteroatoms. The maximum absolute atomic E-state index is 4.39. The van der Waals surface area contributed by atoms with Crippen LogP contribution in [-0.2, 0) is 0 Å². The molecule has 0 amide bonds. The Morgan fingerprint density at radius 1 is 1.12 bits per heavy atom. The molecule has 0 saturated heterocycles. The van der Waals surface area contributed by atoms with Crippen LogP contribution < -0.4 is 0 Å². The second kappa shape index (κ2) is 6.47. The third kappa shape index (κ3) is 3.80. The van der Waals surface area contributed by atoms with Crippen molar-refractivity contribution in [1.29, 1.82) is 0 Å². The standard InChI is InChI=1S/C15H25N/c1-9-16-13(8)15(12(6)7)14(10(2)3)11(4)5/h9-10H,6H2,1-5,7-8H3/b15-13+,16-9-. The summed E-state index contributed by atoms with van der Waals surface area (Å²) in [5.74, 6) is 0.499. The van der Waals surface area contributed by atoms with Crippen LogP contribution in [0.15, 0.2) is 39.6 Å². The van der Waals surface area contributed by atoms with Gasteiger partial charge in [0.1, 0.15) is 0 Å². The first-order chi connectivity index (χ1) is 7.32. The van der Waals surface area contributed by atoms with Crippen LogP contribution in [0.2, 0.25) is 0 Å². The number of rotatable bonds is 4. The van der Waals surface area contributed by atoms with E-state index in [1.807, 2.05) is 13.1 Å². The number of aliphatic imine (C=N–C) groups is 1. The van der Waals surface area contributed by atoms with Gasteiger partial charge in [0.05, 0.1) is 0 Å². The Morgan fingerprint density at radius 3 is 1.88 bits per heavy atom. The Balaban J connectivity index is 5.82. The maximum atomic E-state index is 4.39. The van der Waals surface area contributed by atoms with E-state index in [-0.39, 0.29) is 0 Å². The summed E-state index contributed by atoms with van der Waals surface area (Å²) >= 11 is 0. The summed E-state index contributed by atoms with van der Waals surface area (Å²) in [7, 11) is 0. The lowest BCUT2D eigenvalue weighted by Gasteiger charge is -2.19. The van der Waals surface area contributed by atoms with Gasteiger partial charge >= 0.3 is 0 Å². The number of hydrogen-bond acceptors (Lipinski definition) is 1. The minimum Gasteiger partial charge on any atom is -0.266 e. The fraction of sp³-hybridized carbons (Fsp3) is 0.533. The molecule has 0 rings (SSSR count). The summed E-state index contributed by atoms with van der Waals surface area (Å²) < 4.78 is 0. The van der Waals surface area contributed by atoms with E-state index in [0.717, 1.165) is 11.3 Å². The van der Waals surface area contributed by atoms with Crippen LogP contribution in [0.4, 0.5) is 0 Å². The Bertz CT molecular complexity index is 348. The molecular weight excluding hydrogens is 194 g/mol. The summed E-state index contributed by atoms with van der Waals surface area (Å²) in [6.45, 7) is 18.9. The smallest absolute Gasteiger partial charge is 0.0446 e. The highest BCUT2D eigenvalue weighted by molar-refractivity contribution is 5.58. The van der Waals surface area contributed by atoms with Gasteiger partial charge in [0.25, 0.3) is 0 Å². The summed E-state index contributed by atoms with van der Waals surface area (Å²) in [4.78, 5) is 4.39. The van der Waals surface area contributed by atoms with Crippen LogP contribution >= 0.6 is 0 Å². The Hall–Kier alpha value is -1.11. The van der Waals surface area contributed by atoms with E-state index in [4.69, 9.17) is 0 Å². The van der Waals surface area contributed by atoms with E-state index >= 15 is 0 Å². The van der Waals surface area contributed by atoms with Crippen molar-refractivity contribution in [3.8, 4) is 0 Å². The lowest BCUT2D eigenvalue weighted by atomic mass is 9.87. The molecule has 0 fully saturated rings. The van der Waals surface area contributed by atoms with Gasteiger partial charge in [0.15, 0.2) is 0 Å². The first-order valence-corrected chi connectivity index (χ1v) is 5.86. The van der Waals surface area contributed by atoms with Gasteiger partial charge in [0.2, 0.25) is 0 Å². The van der Waals surface area contributed by atoms with Gasteiger partial charge in [-0.3, -0.25) is 4.99 Å². The maximum Gasteiger partial charge on any atom is 0.0446 e. The van der Waals surface area contributed by atoms with E-state index < -0.39 is 0 Å². The van der Waals surface area contributed by atoms with Gasteiger partial charge in [-0.1, -0.05) is 26.0 Å². The van der Waals surface area contributed by atoms with Crippen LogP contribution in [0.25, 0.3) is 0 Å². The van der Waals surface area contributed by atoms with Crippen molar-refractivity contribution >= 4 is 6.21 Å². The second-order valence-electron chi connectivity index (χ2n) is 4.70. The molecule has 0 radical (unpaired) electrons. The number of nitrogens with zero attached hydrogens (tertiary/aromatic N) is 1. The average Bonchev–Trinajstić information content (AvgIpc) is 2.11. The monoisotopic (exact) mass is 219 g/mol. The zero-order valence-corrected chi connectivity index (χ0v) is 11.8. The zero-order chi connectivity index (χ0) is 12.9. The first kappa shape index (κ1) is 14.9. The van der Waals surface area contributed by atoms with Crippen molar-refractivity contribution in [2.24, 2.45) is 10.9 Å². The molecule has 0 spiro atoms. The molecule has 0 bridgehead atoms. The molecule has 90 valence electrons. The van der Waals surface area contributed by atoms with Gasteiger partial charge in [-0.05, 0) is 51.7 Å². The number of allylic oxidation sites excluding steroid dienone is 5. The van der Waals surface area contributed by atoms with E-state index in [1.165, 1.54) is 16.7 Å². The molecule has 16 heavy (non-hydrogen) atoms. The van der Waals surface area contributed by atoms with Crippen LogP contribution in [-0.4, -0.2) is 6.21 Å². The van der Waals surface area contributed by atoms with Gasteiger partial charge in [-0.15, -0.1) is 0 Å². The molecule has 0 heterocycles. The lowest BCUT2D eigenvalue weighted by molar-refractivity contribution is 0.764. The largest absolute Gasteiger partial charge is 0.266 e.